The predicted octanol–water partition coefficient (Wildman–Crippen LogP) is 2.73. The summed E-state index contributed by atoms with van der Waals surface area (Å²) < 4.78 is 28.1. The molecule has 2 aromatic rings. The van der Waals surface area contributed by atoms with Crippen LogP contribution in [0, 0.1) is 20.8 Å². The van der Waals surface area contributed by atoms with Crippen LogP contribution in [0.1, 0.15) is 23.2 Å². The van der Waals surface area contributed by atoms with E-state index in [2.05, 4.69) is 21.8 Å². The van der Waals surface area contributed by atoms with E-state index in [1.54, 1.807) is 10.7 Å². The van der Waals surface area contributed by atoms with Crippen LogP contribution in [0.5, 0.6) is 0 Å². The van der Waals surface area contributed by atoms with Crippen LogP contribution in [0.2, 0.25) is 0 Å². The van der Waals surface area contributed by atoms with Gasteiger partial charge in [-0.05, 0) is 44.0 Å². The number of halogens is 2. The third kappa shape index (κ3) is 3.46. The number of carbonyl (C=O) groups is 1. The molecule has 1 amide bonds. The van der Waals surface area contributed by atoms with Gasteiger partial charge < -0.3 is 5.32 Å². The second-order valence-electron chi connectivity index (χ2n) is 6.41. The zero-order chi connectivity index (χ0) is 17.5. The van der Waals surface area contributed by atoms with E-state index in [4.69, 9.17) is 0 Å². The Morgan fingerprint density at radius 1 is 1.25 bits per heavy atom. The Morgan fingerprint density at radius 2 is 1.92 bits per heavy atom. The van der Waals surface area contributed by atoms with Crippen molar-refractivity contribution >= 4 is 11.7 Å². The van der Waals surface area contributed by atoms with E-state index in [0.29, 0.717) is 5.82 Å². The van der Waals surface area contributed by atoms with E-state index < -0.39 is 30.8 Å². The summed E-state index contributed by atoms with van der Waals surface area (Å²) in [5, 5.41) is 9.53. The van der Waals surface area contributed by atoms with Gasteiger partial charge in [0.25, 0.3) is 5.92 Å². The minimum atomic E-state index is -2.84. The van der Waals surface area contributed by atoms with Gasteiger partial charge in [-0.2, -0.15) is 0 Å². The SMILES string of the molecule is Cc1cc(C)cc(-n2nc(NC(=O)C3CC(F)(F)CN3)cc2C)c1. The smallest absolute Gasteiger partial charge is 0.262 e. The van der Waals surface area contributed by atoms with Crippen LogP contribution in [-0.2, 0) is 4.79 Å². The fraction of sp³-hybridized carbons (Fsp3) is 0.412. The Labute approximate surface area is 139 Å². The molecule has 2 heterocycles. The van der Waals surface area contributed by atoms with Gasteiger partial charge in [0.2, 0.25) is 5.91 Å². The maximum absolute atomic E-state index is 13.2. The standard InChI is InChI=1S/C17H20F2N4O/c1-10-4-11(2)6-13(5-10)23-12(3)7-15(22-23)21-16(24)14-8-17(18,19)9-20-14/h4-7,14,20H,8-9H2,1-3H3,(H,21,22,24). The van der Waals surface area contributed by atoms with E-state index in [0.717, 1.165) is 22.5 Å². The average molecular weight is 334 g/mol. The second-order valence-corrected chi connectivity index (χ2v) is 6.41. The summed E-state index contributed by atoms with van der Waals surface area (Å²) in [6, 6.07) is 6.89. The van der Waals surface area contributed by atoms with Crippen LogP contribution in [0.15, 0.2) is 24.3 Å². The first-order valence-corrected chi connectivity index (χ1v) is 7.81. The number of aromatic nitrogens is 2. The minimum absolute atomic E-state index is 0.355. The zero-order valence-electron chi connectivity index (χ0n) is 13.9. The van der Waals surface area contributed by atoms with Crippen molar-refractivity contribution in [1.29, 1.82) is 0 Å². The predicted molar refractivity (Wildman–Crippen MR) is 87.8 cm³/mol. The summed E-state index contributed by atoms with van der Waals surface area (Å²) in [6.07, 6.45) is -0.490. The lowest BCUT2D eigenvalue weighted by Gasteiger charge is -2.09. The molecule has 0 spiro atoms. The highest BCUT2D eigenvalue weighted by Gasteiger charge is 2.42. The molecular weight excluding hydrogens is 314 g/mol. The molecule has 24 heavy (non-hydrogen) atoms. The van der Waals surface area contributed by atoms with Gasteiger partial charge in [-0.1, -0.05) is 6.07 Å². The van der Waals surface area contributed by atoms with Gasteiger partial charge in [0.15, 0.2) is 5.82 Å². The number of nitrogens with one attached hydrogen (secondary N) is 2. The quantitative estimate of drug-likeness (QED) is 0.907. The monoisotopic (exact) mass is 334 g/mol. The molecule has 0 bridgehead atoms. The molecule has 7 heteroatoms. The molecule has 2 N–H and O–H groups in total. The van der Waals surface area contributed by atoms with Crippen molar-refractivity contribution in [2.75, 3.05) is 11.9 Å². The van der Waals surface area contributed by atoms with Crippen molar-refractivity contribution in [3.8, 4) is 5.69 Å². The van der Waals surface area contributed by atoms with Gasteiger partial charge >= 0.3 is 0 Å². The number of carbonyl (C=O) groups excluding carboxylic acids is 1. The Hall–Kier alpha value is -2.28. The number of hydrogen-bond acceptors (Lipinski definition) is 3. The number of anilines is 1. The fourth-order valence-electron chi connectivity index (χ4n) is 2.98. The number of alkyl halides is 2. The lowest BCUT2D eigenvalue weighted by Crippen LogP contribution is -2.35. The van der Waals surface area contributed by atoms with E-state index in [9.17, 15) is 13.6 Å². The number of benzene rings is 1. The highest BCUT2D eigenvalue weighted by atomic mass is 19.3. The van der Waals surface area contributed by atoms with Crippen LogP contribution in [0.4, 0.5) is 14.6 Å². The molecule has 0 radical (unpaired) electrons. The van der Waals surface area contributed by atoms with Gasteiger partial charge in [-0.25, -0.2) is 13.5 Å². The Morgan fingerprint density at radius 3 is 2.50 bits per heavy atom. The molecule has 5 nitrogen and oxygen atoms in total. The molecule has 1 aliphatic heterocycles. The van der Waals surface area contributed by atoms with Gasteiger partial charge in [-0.3, -0.25) is 10.1 Å². The second kappa shape index (κ2) is 5.98. The van der Waals surface area contributed by atoms with Gasteiger partial charge in [0, 0.05) is 18.2 Å². The number of nitrogens with zero attached hydrogens (tertiary/aromatic N) is 2. The summed E-state index contributed by atoms with van der Waals surface area (Å²) in [5.41, 5.74) is 3.97. The van der Waals surface area contributed by atoms with Gasteiger partial charge in [0.1, 0.15) is 0 Å². The average Bonchev–Trinajstić information content (AvgIpc) is 3.00. The Balaban J connectivity index is 1.78. The molecule has 1 aromatic carbocycles. The van der Waals surface area contributed by atoms with Crippen molar-refractivity contribution in [2.24, 2.45) is 0 Å². The van der Waals surface area contributed by atoms with Crippen LogP contribution >= 0.6 is 0 Å². The van der Waals surface area contributed by atoms with E-state index in [-0.39, 0.29) is 0 Å². The lowest BCUT2D eigenvalue weighted by atomic mass is 10.1. The van der Waals surface area contributed by atoms with E-state index in [1.165, 1.54) is 0 Å². The highest BCUT2D eigenvalue weighted by Crippen LogP contribution is 2.26. The molecule has 1 atom stereocenters. The summed E-state index contributed by atoms with van der Waals surface area (Å²) >= 11 is 0. The molecule has 1 unspecified atom stereocenters. The van der Waals surface area contributed by atoms with E-state index in [1.807, 2.05) is 32.9 Å². The van der Waals surface area contributed by atoms with E-state index >= 15 is 0 Å². The maximum Gasteiger partial charge on any atom is 0.262 e. The fourth-order valence-corrected chi connectivity index (χ4v) is 2.98. The largest absolute Gasteiger partial charge is 0.308 e. The normalized spacial score (nSPS) is 19.5. The molecule has 128 valence electrons. The van der Waals surface area contributed by atoms with Crippen molar-refractivity contribution in [2.45, 2.75) is 39.2 Å². The van der Waals surface area contributed by atoms with Crippen LogP contribution in [0.3, 0.4) is 0 Å². The zero-order valence-corrected chi connectivity index (χ0v) is 13.9. The number of hydrogen-bond donors (Lipinski definition) is 2. The molecular formula is C17H20F2N4O. The van der Waals surface area contributed by atoms with Crippen LogP contribution in [-0.4, -0.2) is 34.2 Å². The highest BCUT2D eigenvalue weighted by molar-refractivity contribution is 5.94. The third-order valence-corrected chi connectivity index (χ3v) is 4.02. The summed E-state index contributed by atoms with van der Waals surface area (Å²) in [6.45, 7) is 5.41. The van der Waals surface area contributed by atoms with Crippen molar-refractivity contribution in [1.82, 2.24) is 15.1 Å². The molecule has 1 saturated heterocycles. The third-order valence-electron chi connectivity index (χ3n) is 4.02. The first-order valence-electron chi connectivity index (χ1n) is 7.81. The molecule has 1 aromatic heterocycles. The van der Waals surface area contributed by atoms with Crippen molar-refractivity contribution in [3.63, 3.8) is 0 Å². The van der Waals surface area contributed by atoms with Gasteiger partial charge in [0.05, 0.1) is 18.3 Å². The van der Waals surface area contributed by atoms with Gasteiger partial charge in [-0.15, -0.1) is 5.10 Å². The molecule has 1 fully saturated rings. The molecule has 3 rings (SSSR count). The summed E-state index contributed by atoms with van der Waals surface area (Å²) in [4.78, 5) is 12.1. The number of aryl methyl sites for hydroxylation is 3. The molecule has 1 aliphatic rings. The number of rotatable bonds is 3. The van der Waals surface area contributed by atoms with Crippen molar-refractivity contribution in [3.05, 3.63) is 41.1 Å². The summed E-state index contributed by atoms with van der Waals surface area (Å²) in [7, 11) is 0. The Bertz CT molecular complexity index is 765. The topological polar surface area (TPSA) is 59.0 Å². The Kier molecular flexibility index (Phi) is 4.13. The summed E-state index contributed by atoms with van der Waals surface area (Å²) in [5.74, 6) is -2.97. The molecule has 0 aliphatic carbocycles. The lowest BCUT2D eigenvalue weighted by molar-refractivity contribution is -0.118. The number of amides is 1. The van der Waals surface area contributed by atoms with Crippen LogP contribution < -0.4 is 10.6 Å². The minimum Gasteiger partial charge on any atom is -0.308 e. The first kappa shape index (κ1) is 16.6. The van der Waals surface area contributed by atoms with Crippen molar-refractivity contribution < 1.29 is 13.6 Å². The van der Waals surface area contributed by atoms with Crippen LogP contribution in [0.25, 0.3) is 5.69 Å². The maximum atomic E-state index is 13.2. The first-order chi connectivity index (χ1) is 11.2. The molecule has 0 saturated carbocycles.